The van der Waals surface area contributed by atoms with Crippen LogP contribution >= 0.6 is 0 Å². The van der Waals surface area contributed by atoms with Crippen molar-refractivity contribution in [3.8, 4) is 11.5 Å². The Morgan fingerprint density at radius 3 is 2.43 bits per heavy atom. The van der Waals surface area contributed by atoms with Crippen molar-refractivity contribution in [1.82, 2.24) is 9.88 Å². The van der Waals surface area contributed by atoms with Crippen LogP contribution in [0.5, 0.6) is 11.5 Å². The highest BCUT2D eigenvalue weighted by Gasteiger charge is 2.38. The third-order valence-electron chi connectivity index (χ3n) is 5.93. The zero-order valence-corrected chi connectivity index (χ0v) is 16.7. The summed E-state index contributed by atoms with van der Waals surface area (Å²) in [6, 6.07) is 9.47. The number of aromatic nitrogens is 1. The number of nitrogens with zero attached hydrogens (tertiary/aromatic N) is 4. The van der Waals surface area contributed by atoms with Crippen LogP contribution in [0, 0.1) is 5.92 Å². The van der Waals surface area contributed by atoms with E-state index in [0.29, 0.717) is 44.3 Å². The zero-order valence-electron chi connectivity index (χ0n) is 16.7. The third kappa shape index (κ3) is 3.53. The molecule has 2 saturated heterocycles. The largest absolute Gasteiger partial charge is 0.486 e. The lowest BCUT2D eigenvalue weighted by atomic mass is 10.1. The Balaban J connectivity index is 1.22. The van der Waals surface area contributed by atoms with Gasteiger partial charge in [0.15, 0.2) is 11.5 Å². The van der Waals surface area contributed by atoms with Gasteiger partial charge in [0.05, 0.1) is 5.92 Å². The molecule has 0 spiro atoms. The fraction of sp³-hybridized carbons (Fsp3) is 0.409. The molecule has 0 radical (unpaired) electrons. The second-order valence-corrected chi connectivity index (χ2v) is 7.75. The van der Waals surface area contributed by atoms with E-state index in [2.05, 4.69) is 9.88 Å². The molecule has 0 saturated carbocycles. The summed E-state index contributed by atoms with van der Waals surface area (Å²) in [6.07, 6.45) is 3.81. The SMILES string of the molecule is O=C([C@H]1CC(=O)N(c2ccc3c(c2)OCCO3)C1)N1CCN(c2ccncc2)CC1. The average molecular weight is 408 g/mol. The Hall–Kier alpha value is -3.29. The number of anilines is 2. The lowest BCUT2D eigenvalue weighted by molar-refractivity contribution is -0.136. The van der Waals surface area contributed by atoms with E-state index in [0.717, 1.165) is 24.5 Å². The summed E-state index contributed by atoms with van der Waals surface area (Å²) in [5, 5.41) is 0. The van der Waals surface area contributed by atoms with Gasteiger partial charge in [-0.05, 0) is 24.3 Å². The number of hydrogen-bond donors (Lipinski definition) is 0. The van der Waals surface area contributed by atoms with Crippen molar-refractivity contribution in [2.45, 2.75) is 6.42 Å². The molecule has 1 aromatic carbocycles. The van der Waals surface area contributed by atoms with Gasteiger partial charge in [-0.15, -0.1) is 0 Å². The first-order valence-electron chi connectivity index (χ1n) is 10.3. The number of carbonyl (C=O) groups excluding carboxylic acids is 2. The van der Waals surface area contributed by atoms with Gasteiger partial charge in [-0.2, -0.15) is 0 Å². The molecule has 8 nitrogen and oxygen atoms in total. The molecule has 1 aromatic heterocycles. The van der Waals surface area contributed by atoms with Gasteiger partial charge < -0.3 is 24.2 Å². The first kappa shape index (κ1) is 18.7. The third-order valence-corrected chi connectivity index (χ3v) is 5.93. The van der Waals surface area contributed by atoms with Crippen LogP contribution < -0.4 is 19.3 Å². The van der Waals surface area contributed by atoms with Gasteiger partial charge in [-0.3, -0.25) is 14.6 Å². The molecule has 0 bridgehead atoms. The Labute approximate surface area is 175 Å². The van der Waals surface area contributed by atoms with E-state index in [-0.39, 0.29) is 24.2 Å². The highest BCUT2D eigenvalue weighted by Crippen LogP contribution is 2.36. The molecule has 0 aliphatic carbocycles. The second kappa shape index (κ2) is 7.85. The number of piperazine rings is 1. The summed E-state index contributed by atoms with van der Waals surface area (Å²) < 4.78 is 11.2. The van der Waals surface area contributed by atoms with E-state index in [4.69, 9.17) is 9.47 Å². The number of carbonyl (C=O) groups is 2. The maximum Gasteiger partial charge on any atom is 0.228 e. The number of ether oxygens (including phenoxy) is 2. The van der Waals surface area contributed by atoms with Crippen LogP contribution in [0.1, 0.15) is 6.42 Å². The van der Waals surface area contributed by atoms with Crippen molar-refractivity contribution in [1.29, 1.82) is 0 Å². The van der Waals surface area contributed by atoms with E-state index < -0.39 is 0 Å². The lowest BCUT2D eigenvalue weighted by Crippen LogP contribution is -2.50. The summed E-state index contributed by atoms with van der Waals surface area (Å²) in [5.74, 6) is 1.07. The van der Waals surface area contributed by atoms with Crippen molar-refractivity contribution < 1.29 is 19.1 Å². The van der Waals surface area contributed by atoms with E-state index in [1.54, 1.807) is 17.3 Å². The molecule has 3 aliphatic rings. The van der Waals surface area contributed by atoms with E-state index in [9.17, 15) is 9.59 Å². The van der Waals surface area contributed by atoms with Crippen molar-refractivity contribution in [2.24, 2.45) is 5.92 Å². The van der Waals surface area contributed by atoms with E-state index in [1.165, 1.54) is 0 Å². The van der Waals surface area contributed by atoms with E-state index in [1.807, 2.05) is 35.2 Å². The Kier molecular flexibility index (Phi) is 4.90. The van der Waals surface area contributed by atoms with Gasteiger partial charge >= 0.3 is 0 Å². The predicted molar refractivity (Wildman–Crippen MR) is 111 cm³/mol. The van der Waals surface area contributed by atoms with Crippen LogP contribution in [0.15, 0.2) is 42.7 Å². The van der Waals surface area contributed by atoms with E-state index >= 15 is 0 Å². The number of amides is 2. The van der Waals surface area contributed by atoms with Crippen molar-refractivity contribution >= 4 is 23.2 Å². The lowest BCUT2D eigenvalue weighted by Gasteiger charge is -2.37. The molecular weight excluding hydrogens is 384 g/mol. The summed E-state index contributed by atoms with van der Waals surface area (Å²) in [4.78, 5) is 35.6. The molecule has 0 unspecified atom stereocenters. The maximum absolute atomic E-state index is 13.1. The molecule has 0 N–H and O–H groups in total. The maximum atomic E-state index is 13.1. The van der Waals surface area contributed by atoms with Gasteiger partial charge in [-0.25, -0.2) is 0 Å². The van der Waals surface area contributed by atoms with Crippen molar-refractivity contribution in [2.75, 3.05) is 55.7 Å². The fourth-order valence-corrected chi connectivity index (χ4v) is 4.32. The van der Waals surface area contributed by atoms with Gasteiger partial charge in [-0.1, -0.05) is 0 Å². The zero-order chi connectivity index (χ0) is 20.5. The molecule has 3 aliphatic heterocycles. The van der Waals surface area contributed by atoms with Gasteiger partial charge in [0.25, 0.3) is 0 Å². The second-order valence-electron chi connectivity index (χ2n) is 7.75. The van der Waals surface area contributed by atoms with Crippen LogP contribution in [0.3, 0.4) is 0 Å². The van der Waals surface area contributed by atoms with Crippen molar-refractivity contribution in [3.63, 3.8) is 0 Å². The number of hydrogen-bond acceptors (Lipinski definition) is 6. The number of rotatable bonds is 3. The smallest absolute Gasteiger partial charge is 0.228 e. The molecule has 2 fully saturated rings. The first-order chi connectivity index (χ1) is 14.7. The molecule has 156 valence electrons. The number of benzene rings is 1. The Morgan fingerprint density at radius 2 is 1.67 bits per heavy atom. The Bertz CT molecular complexity index is 943. The van der Waals surface area contributed by atoms with Crippen LogP contribution in [0.4, 0.5) is 11.4 Å². The normalized spacial score (nSPS) is 21.1. The van der Waals surface area contributed by atoms with Gasteiger partial charge in [0, 0.05) is 69.0 Å². The highest BCUT2D eigenvalue weighted by molar-refractivity contribution is 6.00. The molecule has 1 atom stereocenters. The minimum absolute atomic E-state index is 0.0274. The average Bonchev–Trinajstić information content (AvgIpc) is 3.20. The molecule has 30 heavy (non-hydrogen) atoms. The minimum Gasteiger partial charge on any atom is -0.486 e. The van der Waals surface area contributed by atoms with Gasteiger partial charge in [0.1, 0.15) is 13.2 Å². The topological polar surface area (TPSA) is 75.2 Å². The summed E-state index contributed by atoms with van der Waals surface area (Å²) in [5.41, 5.74) is 1.87. The van der Waals surface area contributed by atoms with Crippen LogP contribution in [-0.2, 0) is 9.59 Å². The van der Waals surface area contributed by atoms with Crippen LogP contribution in [-0.4, -0.2) is 67.6 Å². The summed E-state index contributed by atoms with van der Waals surface area (Å²) in [6.45, 7) is 4.31. The molecular formula is C22H24N4O4. The fourth-order valence-electron chi connectivity index (χ4n) is 4.32. The minimum atomic E-state index is -0.307. The summed E-state index contributed by atoms with van der Waals surface area (Å²) >= 11 is 0. The standard InChI is InChI=1S/C22H24N4O4/c27-21-13-16(15-26(21)18-1-2-19-20(14-18)30-12-11-29-19)22(28)25-9-7-24(8-10-25)17-3-5-23-6-4-17/h1-6,14,16H,7-13,15H2/t16-/m0/s1. The Morgan fingerprint density at radius 1 is 0.933 bits per heavy atom. The van der Waals surface area contributed by atoms with Crippen molar-refractivity contribution in [3.05, 3.63) is 42.7 Å². The molecule has 5 rings (SSSR count). The highest BCUT2D eigenvalue weighted by atomic mass is 16.6. The monoisotopic (exact) mass is 408 g/mol. The van der Waals surface area contributed by atoms with Crippen LogP contribution in [0.2, 0.25) is 0 Å². The molecule has 8 heteroatoms. The van der Waals surface area contributed by atoms with Crippen LogP contribution in [0.25, 0.3) is 0 Å². The first-order valence-corrected chi connectivity index (χ1v) is 10.3. The molecule has 2 amide bonds. The molecule has 4 heterocycles. The number of fused-ring (bicyclic) bond motifs is 1. The predicted octanol–water partition coefficient (Wildman–Crippen LogP) is 1.55. The molecule has 2 aromatic rings. The number of pyridine rings is 1. The van der Waals surface area contributed by atoms with Gasteiger partial charge in [0.2, 0.25) is 11.8 Å². The summed E-state index contributed by atoms with van der Waals surface area (Å²) in [7, 11) is 0. The quantitative estimate of drug-likeness (QED) is 0.767.